The molecule has 1 saturated carbocycles. The van der Waals surface area contributed by atoms with E-state index in [1.807, 2.05) is 20.9 Å². The van der Waals surface area contributed by atoms with Crippen molar-refractivity contribution in [1.82, 2.24) is 4.90 Å². The Balaban J connectivity index is 2.41. The number of hydrogen-bond donors (Lipinski definition) is 0. The lowest BCUT2D eigenvalue weighted by atomic mass is 10.1. The van der Waals surface area contributed by atoms with Crippen LogP contribution in [0.2, 0.25) is 0 Å². The smallest absolute Gasteiger partial charge is 0.323 e. The molecule has 0 saturated heterocycles. The topological polar surface area (TPSA) is 29.5 Å². The molecular formula is C13H25NO2. The van der Waals surface area contributed by atoms with Gasteiger partial charge in [0.15, 0.2) is 0 Å². The number of ether oxygens (including phenoxy) is 1. The van der Waals surface area contributed by atoms with E-state index >= 15 is 0 Å². The van der Waals surface area contributed by atoms with Crippen molar-refractivity contribution in [3.63, 3.8) is 0 Å². The van der Waals surface area contributed by atoms with E-state index in [-0.39, 0.29) is 12.0 Å². The summed E-state index contributed by atoms with van der Waals surface area (Å²) in [5.41, 5.74) is 0. The first-order chi connectivity index (χ1) is 7.69. The fraction of sp³-hybridized carbons (Fsp3) is 0.923. The molecule has 0 N–H and O–H groups in total. The van der Waals surface area contributed by atoms with Gasteiger partial charge in [-0.05, 0) is 39.2 Å². The summed E-state index contributed by atoms with van der Waals surface area (Å²) in [5, 5.41) is 0. The zero-order valence-electron chi connectivity index (χ0n) is 10.9. The van der Waals surface area contributed by atoms with Crippen LogP contribution in [0.4, 0.5) is 0 Å². The molecule has 0 aromatic heterocycles. The van der Waals surface area contributed by atoms with E-state index in [4.69, 9.17) is 4.74 Å². The van der Waals surface area contributed by atoms with Gasteiger partial charge in [-0.25, -0.2) is 0 Å². The minimum Gasteiger partial charge on any atom is -0.465 e. The SMILES string of the molecule is CCOC(=O)C(CC)N(C)CC1CCCC1. The molecule has 1 aliphatic rings. The van der Waals surface area contributed by atoms with Crippen molar-refractivity contribution < 1.29 is 9.53 Å². The van der Waals surface area contributed by atoms with E-state index in [2.05, 4.69) is 4.90 Å². The summed E-state index contributed by atoms with van der Waals surface area (Å²) in [5.74, 6) is 0.721. The molecule has 0 aromatic carbocycles. The van der Waals surface area contributed by atoms with Crippen LogP contribution in [0, 0.1) is 5.92 Å². The quantitative estimate of drug-likeness (QED) is 0.653. The number of likely N-dealkylation sites (N-methyl/N-ethyl adjacent to an activating group) is 1. The zero-order chi connectivity index (χ0) is 12.0. The molecule has 0 aliphatic heterocycles. The summed E-state index contributed by atoms with van der Waals surface area (Å²) >= 11 is 0. The highest BCUT2D eigenvalue weighted by atomic mass is 16.5. The molecule has 0 amide bonds. The maximum absolute atomic E-state index is 11.7. The van der Waals surface area contributed by atoms with E-state index < -0.39 is 0 Å². The van der Waals surface area contributed by atoms with Gasteiger partial charge in [-0.15, -0.1) is 0 Å². The van der Waals surface area contributed by atoms with Crippen molar-refractivity contribution in [2.24, 2.45) is 5.92 Å². The molecule has 1 rings (SSSR count). The Morgan fingerprint density at radius 3 is 2.50 bits per heavy atom. The zero-order valence-corrected chi connectivity index (χ0v) is 10.9. The van der Waals surface area contributed by atoms with Gasteiger partial charge in [0, 0.05) is 6.54 Å². The van der Waals surface area contributed by atoms with Gasteiger partial charge in [-0.3, -0.25) is 9.69 Å². The molecule has 16 heavy (non-hydrogen) atoms. The van der Waals surface area contributed by atoms with Crippen molar-refractivity contribution >= 4 is 5.97 Å². The summed E-state index contributed by atoms with van der Waals surface area (Å²) in [7, 11) is 2.05. The molecule has 0 spiro atoms. The molecule has 3 nitrogen and oxygen atoms in total. The average Bonchev–Trinajstić information content (AvgIpc) is 2.71. The van der Waals surface area contributed by atoms with E-state index in [0.717, 1.165) is 18.9 Å². The molecule has 1 unspecified atom stereocenters. The second-order valence-electron chi connectivity index (χ2n) is 4.77. The largest absolute Gasteiger partial charge is 0.465 e. The monoisotopic (exact) mass is 227 g/mol. The lowest BCUT2D eigenvalue weighted by molar-refractivity contribution is -0.149. The highest BCUT2D eigenvalue weighted by Crippen LogP contribution is 2.25. The summed E-state index contributed by atoms with van der Waals surface area (Å²) in [6.45, 7) is 5.43. The minimum atomic E-state index is -0.0644. The van der Waals surface area contributed by atoms with Gasteiger partial charge in [0.1, 0.15) is 6.04 Å². The molecule has 94 valence electrons. The van der Waals surface area contributed by atoms with Gasteiger partial charge in [0.05, 0.1) is 6.61 Å². The van der Waals surface area contributed by atoms with Crippen molar-refractivity contribution in [3.8, 4) is 0 Å². The first-order valence-corrected chi connectivity index (χ1v) is 6.55. The van der Waals surface area contributed by atoms with Crippen LogP contribution < -0.4 is 0 Å². The van der Waals surface area contributed by atoms with Gasteiger partial charge >= 0.3 is 5.97 Å². The standard InChI is InChI=1S/C13H25NO2/c1-4-12(13(15)16-5-2)14(3)10-11-8-6-7-9-11/h11-12H,4-10H2,1-3H3. The summed E-state index contributed by atoms with van der Waals surface area (Å²) in [6.07, 6.45) is 6.19. The number of carbonyl (C=O) groups is 1. The van der Waals surface area contributed by atoms with Crippen LogP contribution in [0.25, 0.3) is 0 Å². The number of esters is 1. The van der Waals surface area contributed by atoms with Crippen molar-refractivity contribution in [3.05, 3.63) is 0 Å². The van der Waals surface area contributed by atoms with Gasteiger partial charge in [0.25, 0.3) is 0 Å². The maximum atomic E-state index is 11.7. The number of hydrogen-bond acceptors (Lipinski definition) is 3. The third-order valence-electron chi connectivity index (χ3n) is 3.50. The van der Waals surface area contributed by atoms with Crippen LogP contribution in [0.15, 0.2) is 0 Å². The van der Waals surface area contributed by atoms with E-state index in [9.17, 15) is 4.79 Å². The molecule has 1 atom stereocenters. The lowest BCUT2D eigenvalue weighted by Crippen LogP contribution is -2.41. The maximum Gasteiger partial charge on any atom is 0.323 e. The Hall–Kier alpha value is -0.570. The van der Waals surface area contributed by atoms with Crippen LogP contribution in [-0.2, 0) is 9.53 Å². The average molecular weight is 227 g/mol. The van der Waals surface area contributed by atoms with Crippen LogP contribution in [0.3, 0.4) is 0 Å². The Bertz CT molecular complexity index is 212. The van der Waals surface area contributed by atoms with Gasteiger partial charge in [-0.2, -0.15) is 0 Å². The van der Waals surface area contributed by atoms with Gasteiger partial charge in [0.2, 0.25) is 0 Å². The number of carbonyl (C=O) groups excluding carboxylic acids is 1. The van der Waals surface area contributed by atoms with E-state index in [1.54, 1.807) is 0 Å². The molecule has 1 fully saturated rings. The molecule has 0 heterocycles. The van der Waals surface area contributed by atoms with Crippen LogP contribution in [-0.4, -0.2) is 37.1 Å². The predicted octanol–water partition coefficient (Wildman–Crippen LogP) is 2.45. The summed E-state index contributed by atoms with van der Waals surface area (Å²) in [6, 6.07) is -0.0550. The normalized spacial score (nSPS) is 19.0. The molecule has 0 aromatic rings. The third-order valence-corrected chi connectivity index (χ3v) is 3.50. The Kier molecular flexibility index (Phi) is 5.81. The number of rotatable bonds is 6. The highest BCUT2D eigenvalue weighted by molar-refractivity contribution is 5.75. The molecule has 1 aliphatic carbocycles. The first kappa shape index (κ1) is 13.5. The second kappa shape index (κ2) is 6.89. The fourth-order valence-electron chi connectivity index (χ4n) is 2.62. The Morgan fingerprint density at radius 1 is 1.38 bits per heavy atom. The number of nitrogens with zero attached hydrogens (tertiary/aromatic N) is 1. The third kappa shape index (κ3) is 3.78. The van der Waals surface area contributed by atoms with Crippen molar-refractivity contribution in [2.75, 3.05) is 20.2 Å². The Labute approximate surface area is 99.1 Å². The fourth-order valence-corrected chi connectivity index (χ4v) is 2.62. The molecule has 0 bridgehead atoms. The van der Waals surface area contributed by atoms with Crippen molar-refractivity contribution in [1.29, 1.82) is 0 Å². The molecule has 0 radical (unpaired) electrons. The molecular weight excluding hydrogens is 202 g/mol. The van der Waals surface area contributed by atoms with Crippen molar-refractivity contribution in [2.45, 2.75) is 52.0 Å². The second-order valence-corrected chi connectivity index (χ2v) is 4.77. The Morgan fingerprint density at radius 2 is 2.00 bits per heavy atom. The van der Waals surface area contributed by atoms with E-state index in [1.165, 1.54) is 25.7 Å². The van der Waals surface area contributed by atoms with Gasteiger partial charge < -0.3 is 4.74 Å². The van der Waals surface area contributed by atoms with Crippen LogP contribution in [0.1, 0.15) is 46.0 Å². The highest BCUT2D eigenvalue weighted by Gasteiger charge is 2.25. The molecule has 3 heteroatoms. The first-order valence-electron chi connectivity index (χ1n) is 6.55. The van der Waals surface area contributed by atoms with Crippen LogP contribution >= 0.6 is 0 Å². The van der Waals surface area contributed by atoms with E-state index in [0.29, 0.717) is 6.61 Å². The van der Waals surface area contributed by atoms with Crippen LogP contribution in [0.5, 0.6) is 0 Å². The summed E-state index contributed by atoms with van der Waals surface area (Å²) in [4.78, 5) is 13.9. The predicted molar refractivity (Wildman–Crippen MR) is 65.3 cm³/mol. The lowest BCUT2D eigenvalue weighted by Gasteiger charge is -2.27. The van der Waals surface area contributed by atoms with Gasteiger partial charge in [-0.1, -0.05) is 19.8 Å². The minimum absolute atomic E-state index is 0.0550. The summed E-state index contributed by atoms with van der Waals surface area (Å²) < 4.78 is 5.10.